The summed E-state index contributed by atoms with van der Waals surface area (Å²) in [5.74, 6) is 0.790. The molecule has 0 bridgehead atoms. The van der Waals surface area contributed by atoms with Gasteiger partial charge in [-0.1, -0.05) is 0 Å². The summed E-state index contributed by atoms with van der Waals surface area (Å²) in [6.07, 6.45) is 3.99. The van der Waals surface area contributed by atoms with Gasteiger partial charge in [0.1, 0.15) is 16.9 Å². The van der Waals surface area contributed by atoms with Crippen LogP contribution in [0.5, 0.6) is 0 Å². The highest BCUT2D eigenvalue weighted by Gasteiger charge is 2.54. The molecule has 0 spiro atoms. The summed E-state index contributed by atoms with van der Waals surface area (Å²) in [7, 11) is -3.28. The second-order valence-electron chi connectivity index (χ2n) is 7.23. The van der Waals surface area contributed by atoms with Crippen molar-refractivity contribution in [1.29, 1.82) is 0 Å². The number of ether oxygens (including phenoxy) is 2. The predicted octanol–water partition coefficient (Wildman–Crippen LogP) is 1.28. The van der Waals surface area contributed by atoms with Gasteiger partial charge in [-0.2, -0.15) is 0 Å². The van der Waals surface area contributed by atoms with Crippen LogP contribution in [0.25, 0.3) is 0 Å². The first-order chi connectivity index (χ1) is 12.0. The van der Waals surface area contributed by atoms with Crippen molar-refractivity contribution in [3.8, 4) is 0 Å². The van der Waals surface area contributed by atoms with Crippen molar-refractivity contribution in [2.24, 2.45) is 0 Å². The van der Waals surface area contributed by atoms with E-state index in [2.05, 4.69) is 21.8 Å². The van der Waals surface area contributed by atoms with Crippen LogP contribution in [0.3, 0.4) is 0 Å². The van der Waals surface area contributed by atoms with Gasteiger partial charge in [0, 0.05) is 25.8 Å². The lowest BCUT2D eigenvalue weighted by Gasteiger charge is -2.38. The van der Waals surface area contributed by atoms with Crippen molar-refractivity contribution < 1.29 is 17.9 Å². The number of morpholine rings is 1. The summed E-state index contributed by atoms with van der Waals surface area (Å²) in [5.41, 5.74) is 0.631. The van der Waals surface area contributed by atoms with E-state index >= 15 is 0 Å². The van der Waals surface area contributed by atoms with E-state index in [-0.39, 0.29) is 11.3 Å². The zero-order valence-corrected chi connectivity index (χ0v) is 15.4. The minimum absolute atomic E-state index is 0.210. The van der Waals surface area contributed by atoms with Crippen molar-refractivity contribution in [2.75, 3.05) is 37.9 Å². The molecule has 0 radical (unpaired) electrons. The molecule has 2 saturated heterocycles. The van der Waals surface area contributed by atoms with Crippen LogP contribution in [0.1, 0.15) is 38.3 Å². The average molecular weight is 367 g/mol. The molecule has 4 rings (SSSR count). The van der Waals surface area contributed by atoms with Crippen molar-refractivity contribution in [2.45, 2.75) is 48.6 Å². The van der Waals surface area contributed by atoms with Crippen molar-refractivity contribution in [1.82, 2.24) is 9.97 Å². The molecule has 1 aliphatic carbocycles. The smallest absolute Gasteiger partial charge is 0.164 e. The van der Waals surface area contributed by atoms with Gasteiger partial charge in [0.25, 0.3) is 0 Å². The third-order valence-corrected chi connectivity index (χ3v) is 8.65. The number of hydrogen-bond donors (Lipinski definition) is 0. The maximum absolute atomic E-state index is 13.3. The van der Waals surface area contributed by atoms with Crippen molar-refractivity contribution in [3.63, 3.8) is 0 Å². The van der Waals surface area contributed by atoms with Gasteiger partial charge in [-0.05, 0) is 32.6 Å². The molecule has 0 unspecified atom stereocenters. The topological polar surface area (TPSA) is 81.6 Å². The molecule has 1 aromatic heterocycles. The Bertz CT molecular complexity index is 729. The molecule has 7 nitrogen and oxygen atoms in total. The SMILES string of the molecule is C[C@@H]1COCCN1c1cc(C2(S(=O)(=O)C3CC3)CCOCC2)ncn1. The van der Waals surface area contributed by atoms with Crippen molar-refractivity contribution in [3.05, 3.63) is 18.1 Å². The van der Waals surface area contributed by atoms with Crippen LogP contribution >= 0.6 is 0 Å². The molecule has 1 atom stereocenters. The lowest BCUT2D eigenvalue weighted by Crippen LogP contribution is -2.46. The second kappa shape index (κ2) is 6.48. The molecule has 8 heteroatoms. The zero-order valence-electron chi connectivity index (χ0n) is 14.6. The third-order valence-electron chi connectivity index (χ3n) is 5.59. The molecule has 138 valence electrons. The van der Waals surface area contributed by atoms with Crippen LogP contribution in [-0.4, -0.2) is 62.6 Å². The fourth-order valence-electron chi connectivity index (χ4n) is 3.91. The summed E-state index contributed by atoms with van der Waals surface area (Å²) in [4.78, 5) is 11.0. The van der Waals surface area contributed by atoms with Crippen LogP contribution in [-0.2, 0) is 24.1 Å². The van der Waals surface area contributed by atoms with Crippen molar-refractivity contribution >= 4 is 15.7 Å². The highest BCUT2D eigenvalue weighted by Crippen LogP contribution is 2.47. The number of sulfone groups is 1. The molecule has 2 aliphatic heterocycles. The molecule has 0 aromatic carbocycles. The summed E-state index contributed by atoms with van der Waals surface area (Å²) >= 11 is 0. The molecule has 0 amide bonds. The summed E-state index contributed by atoms with van der Waals surface area (Å²) < 4.78 is 36.6. The zero-order chi connectivity index (χ0) is 17.5. The maximum Gasteiger partial charge on any atom is 0.164 e. The van der Waals surface area contributed by atoms with Gasteiger partial charge in [0.05, 0.1) is 30.2 Å². The molecule has 1 aromatic rings. The van der Waals surface area contributed by atoms with Gasteiger partial charge in [-0.15, -0.1) is 0 Å². The second-order valence-corrected chi connectivity index (χ2v) is 9.77. The first kappa shape index (κ1) is 17.2. The Kier molecular flexibility index (Phi) is 4.45. The van der Waals surface area contributed by atoms with E-state index in [9.17, 15) is 8.42 Å². The highest BCUT2D eigenvalue weighted by molar-refractivity contribution is 7.93. The largest absolute Gasteiger partial charge is 0.381 e. The number of aromatic nitrogens is 2. The predicted molar refractivity (Wildman–Crippen MR) is 93.3 cm³/mol. The minimum Gasteiger partial charge on any atom is -0.381 e. The van der Waals surface area contributed by atoms with Gasteiger partial charge >= 0.3 is 0 Å². The quantitative estimate of drug-likeness (QED) is 0.793. The molecule has 3 aliphatic rings. The van der Waals surface area contributed by atoms with Gasteiger partial charge < -0.3 is 14.4 Å². The standard InChI is InChI=1S/C17H25N3O4S/c1-13-11-24-9-6-20(13)16-10-15(18-12-19-16)17(4-7-23-8-5-17)25(21,22)14-2-3-14/h10,12-14H,2-9,11H2,1H3/t13-/m1/s1. The minimum atomic E-state index is -3.28. The van der Waals surface area contributed by atoms with Gasteiger partial charge in [0.15, 0.2) is 9.84 Å². The average Bonchev–Trinajstić information content (AvgIpc) is 3.48. The van der Waals surface area contributed by atoms with E-state index in [0.717, 1.165) is 25.2 Å². The first-order valence-electron chi connectivity index (χ1n) is 9.03. The molecular formula is C17H25N3O4S. The molecule has 0 N–H and O–H groups in total. The molecule has 25 heavy (non-hydrogen) atoms. The van der Waals surface area contributed by atoms with Crippen LogP contribution in [0.4, 0.5) is 5.82 Å². The monoisotopic (exact) mass is 367 g/mol. The maximum atomic E-state index is 13.3. The lowest BCUT2D eigenvalue weighted by atomic mass is 9.94. The molecule has 3 heterocycles. The highest BCUT2D eigenvalue weighted by atomic mass is 32.2. The third kappa shape index (κ3) is 2.94. The fourth-order valence-corrected chi connectivity index (χ4v) is 6.44. The van der Waals surface area contributed by atoms with Crippen LogP contribution in [0.15, 0.2) is 12.4 Å². The first-order valence-corrected chi connectivity index (χ1v) is 10.6. The van der Waals surface area contributed by atoms with E-state index < -0.39 is 14.6 Å². The Morgan fingerprint density at radius 1 is 1.16 bits per heavy atom. The summed E-state index contributed by atoms with van der Waals surface area (Å²) in [6.45, 7) is 5.06. The van der Waals surface area contributed by atoms with Gasteiger partial charge in [0.2, 0.25) is 0 Å². The number of nitrogens with zero attached hydrogens (tertiary/aromatic N) is 3. The Morgan fingerprint density at radius 2 is 1.92 bits per heavy atom. The lowest BCUT2D eigenvalue weighted by molar-refractivity contribution is 0.0728. The van der Waals surface area contributed by atoms with Crippen LogP contribution < -0.4 is 4.90 Å². The number of rotatable bonds is 4. The van der Waals surface area contributed by atoms with E-state index in [1.807, 2.05) is 6.07 Å². The Balaban J connectivity index is 1.74. The fraction of sp³-hybridized carbons (Fsp3) is 0.765. The van der Waals surface area contributed by atoms with Crippen LogP contribution in [0, 0.1) is 0 Å². The number of hydrogen-bond acceptors (Lipinski definition) is 7. The van der Waals surface area contributed by atoms with E-state index in [0.29, 0.717) is 45.0 Å². The Morgan fingerprint density at radius 3 is 2.60 bits per heavy atom. The molecule has 3 fully saturated rings. The van der Waals surface area contributed by atoms with Gasteiger partial charge in [-0.25, -0.2) is 18.4 Å². The number of anilines is 1. The normalized spacial score (nSPS) is 27.2. The van der Waals surface area contributed by atoms with E-state index in [4.69, 9.17) is 9.47 Å². The van der Waals surface area contributed by atoms with E-state index in [1.165, 1.54) is 6.33 Å². The molecular weight excluding hydrogens is 342 g/mol. The van der Waals surface area contributed by atoms with Gasteiger partial charge in [-0.3, -0.25) is 0 Å². The molecule has 1 saturated carbocycles. The summed E-state index contributed by atoms with van der Waals surface area (Å²) in [6, 6.07) is 2.09. The Labute approximate surface area is 148 Å². The van der Waals surface area contributed by atoms with Crippen LogP contribution in [0.2, 0.25) is 0 Å². The summed E-state index contributed by atoms with van der Waals surface area (Å²) in [5, 5.41) is -0.216. The Hall–Kier alpha value is -1.25. The van der Waals surface area contributed by atoms with E-state index in [1.54, 1.807) is 0 Å².